The van der Waals surface area contributed by atoms with Crippen LogP contribution >= 0.6 is 0 Å². The number of carbonyl (C=O) groups is 1. The Morgan fingerprint density at radius 1 is 1.50 bits per heavy atom. The first-order chi connectivity index (χ1) is 4.52. The molecule has 0 aliphatic rings. The van der Waals surface area contributed by atoms with Crippen LogP contribution in [0.2, 0.25) is 0 Å². The van der Waals surface area contributed by atoms with Crippen LogP contribution in [0, 0.1) is 0 Å². The highest BCUT2D eigenvalue weighted by atomic mass is 16.5. The van der Waals surface area contributed by atoms with Crippen molar-refractivity contribution in [2.24, 2.45) is 0 Å². The lowest BCUT2D eigenvalue weighted by Crippen LogP contribution is -2.17. The van der Waals surface area contributed by atoms with Gasteiger partial charge in [-0.25, -0.2) is 0 Å². The van der Waals surface area contributed by atoms with E-state index < -0.39 is 5.97 Å². The van der Waals surface area contributed by atoms with Crippen molar-refractivity contribution >= 4 is 5.97 Å². The van der Waals surface area contributed by atoms with Crippen molar-refractivity contribution in [3.8, 4) is 0 Å². The van der Waals surface area contributed by atoms with E-state index >= 15 is 0 Å². The molecule has 0 aliphatic heterocycles. The van der Waals surface area contributed by atoms with Crippen molar-refractivity contribution in [3.05, 3.63) is 0 Å². The van der Waals surface area contributed by atoms with Crippen molar-refractivity contribution in [2.75, 3.05) is 0 Å². The molecule has 0 fully saturated rings. The second-order valence-corrected chi connectivity index (χ2v) is 2.59. The van der Waals surface area contributed by atoms with E-state index in [1.165, 1.54) is 0 Å². The molecule has 1 unspecified atom stereocenters. The number of hydrogen-bond acceptors (Lipinski definition) is 2. The molecular weight excluding hydrogens is 132 g/mol. The van der Waals surface area contributed by atoms with Crippen LogP contribution in [0.3, 0.4) is 0 Å². The van der Waals surface area contributed by atoms with Gasteiger partial charge in [0.05, 0.1) is 18.6 Å². The molecule has 10 heavy (non-hydrogen) atoms. The summed E-state index contributed by atoms with van der Waals surface area (Å²) in [6.45, 7) is 5.53. The highest BCUT2D eigenvalue weighted by Crippen LogP contribution is 2.00. The molecule has 0 spiro atoms. The number of rotatable bonds is 4. The van der Waals surface area contributed by atoms with Crippen LogP contribution in [0.15, 0.2) is 0 Å². The minimum absolute atomic E-state index is 0.0815. The van der Waals surface area contributed by atoms with Gasteiger partial charge in [0.2, 0.25) is 0 Å². The molecule has 0 aromatic rings. The minimum atomic E-state index is -0.812. The van der Waals surface area contributed by atoms with Gasteiger partial charge in [0.15, 0.2) is 0 Å². The number of aliphatic carboxylic acids is 1. The molecule has 0 saturated heterocycles. The summed E-state index contributed by atoms with van der Waals surface area (Å²) in [7, 11) is 0. The first-order valence-corrected chi connectivity index (χ1v) is 3.39. The Labute approximate surface area is 61.0 Å². The predicted molar refractivity (Wildman–Crippen MR) is 37.9 cm³/mol. The van der Waals surface area contributed by atoms with Crippen LogP contribution in [0.1, 0.15) is 27.2 Å². The van der Waals surface area contributed by atoms with Gasteiger partial charge in [0, 0.05) is 0 Å². The van der Waals surface area contributed by atoms with Crippen LogP contribution in [0.25, 0.3) is 0 Å². The molecule has 0 radical (unpaired) electrons. The summed E-state index contributed by atoms with van der Waals surface area (Å²) < 4.78 is 5.18. The fourth-order valence-corrected chi connectivity index (χ4v) is 0.759. The van der Waals surface area contributed by atoms with Crippen molar-refractivity contribution in [1.82, 2.24) is 0 Å². The fraction of sp³-hybridized carbons (Fsp3) is 0.857. The third-order valence-corrected chi connectivity index (χ3v) is 0.967. The Morgan fingerprint density at radius 3 is 2.30 bits per heavy atom. The van der Waals surface area contributed by atoms with Crippen LogP contribution < -0.4 is 0 Å². The van der Waals surface area contributed by atoms with Crippen LogP contribution in [0.5, 0.6) is 0 Å². The van der Waals surface area contributed by atoms with Crippen molar-refractivity contribution in [1.29, 1.82) is 0 Å². The molecule has 0 aromatic carbocycles. The smallest absolute Gasteiger partial charge is 0.305 e. The van der Waals surface area contributed by atoms with Gasteiger partial charge in [-0.15, -0.1) is 0 Å². The summed E-state index contributed by atoms with van der Waals surface area (Å²) in [6, 6.07) is 0. The monoisotopic (exact) mass is 146 g/mol. The molecule has 0 heterocycles. The molecule has 1 atom stereocenters. The molecule has 3 nitrogen and oxygen atoms in total. The molecule has 0 aliphatic carbocycles. The topological polar surface area (TPSA) is 46.5 Å². The van der Waals surface area contributed by atoms with Gasteiger partial charge in [-0.3, -0.25) is 4.79 Å². The zero-order valence-corrected chi connectivity index (χ0v) is 6.63. The number of hydrogen-bond donors (Lipinski definition) is 1. The quantitative estimate of drug-likeness (QED) is 0.649. The maximum atomic E-state index is 10.1. The Balaban J connectivity index is 3.43. The van der Waals surface area contributed by atoms with E-state index in [4.69, 9.17) is 9.84 Å². The molecule has 0 aromatic heterocycles. The first-order valence-electron chi connectivity index (χ1n) is 3.39. The summed E-state index contributed by atoms with van der Waals surface area (Å²) in [5.74, 6) is -0.812. The van der Waals surface area contributed by atoms with Gasteiger partial charge < -0.3 is 9.84 Å². The highest BCUT2D eigenvalue weighted by Gasteiger charge is 2.08. The van der Waals surface area contributed by atoms with Gasteiger partial charge in [0.1, 0.15) is 0 Å². The second-order valence-electron chi connectivity index (χ2n) is 2.59. The molecule has 0 rings (SSSR count). The normalized spacial score (nSPS) is 13.6. The van der Waals surface area contributed by atoms with Crippen LogP contribution in [0.4, 0.5) is 0 Å². The first kappa shape index (κ1) is 9.43. The number of ether oxygens (including phenoxy) is 1. The maximum Gasteiger partial charge on any atom is 0.305 e. The van der Waals surface area contributed by atoms with Gasteiger partial charge in [-0.05, 0) is 20.8 Å². The Bertz CT molecular complexity index is 109. The minimum Gasteiger partial charge on any atom is -0.481 e. The highest BCUT2D eigenvalue weighted by molar-refractivity contribution is 5.67. The van der Waals surface area contributed by atoms with E-state index in [0.29, 0.717) is 0 Å². The van der Waals surface area contributed by atoms with Gasteiger partial charge in [-0.1, -0.05) is 0 Å². The lowest BCUT2D eigenvalue weighted by Gasteiger charge is -2.13. The summed E-state index contributed by atoms with van der Waals surface area (Å²) in [4.78, 5) is 10.1. The number of carboxylic acid groups (broad SMARTS) is 1. The Morgan fingerprint density at radius 2 is 2.00 bits per heavy atom. The molecule has 0 bridgehead atoms. The Kier molecular flexibility index (Phi) is 4.03. The van der Waals surface area contributed by atoms with E-state index in [-0.39, 0.29) is 18.6 Å². The zero-order valence-electron chi connectivity index (χ0n) is 6.63. The maximum absolute atomic E-state index is 10.1. The lowest BCUT2D eigenvalue weighted by molar-refractivity contribution is -0.140. The summed E-state index contributed by atoms with van der Waals surface area (Å²) >= 11 is 0. The molecule has 1 N–H and O–H groups in total. The van der Waals surface area contributed by atoms with Gasteiger partial charge in [-0.2, -0.15) is 0 Å². The van der Waals surface area contributed by atoms with E-state index in [1.54, 1.807) is 6.92 Å². The standard InChI is InChI=1S/C7H14O3/c1-5(2)10-6(3)4-7(8)9/h5-6H,4H2,1-3H3,(H,8,9). The zero-order chi connectivity index (χ0) is 8.15. The van der Waals surface area contributed by atoms with Crippen LogP contribution in [-0.4, -0.2) is 23.3 Å². The summed E-state index contributed by atoms with van der Waals surface area (Å²) in [6.07, 6.45) is 0.00454. The van der Waals surface area contributed by atoms with Crippen LogP contribution in [-0.2, 0) is 9.53 Å². The second kappa shape index (κ2) is 4.28. The van der Waals surface area contributed by atoms with Crippen molar-refractivity contribution in [3.63, 3.8) is 0 Å². The molecular formula is C7H14O3. The van der Waals surface area contributed by atoms with Gasteiger partial charge >= 0.3 is 5.97 Å². The summed E-state index contributed by atoms with van der Waals surface area (Å²) in [5, 5.41) is 8.32. The lowest BCUT2D eigenvalue weighted by atomic mass is 10.3. The predicted octanol–water partition coefficient (Wildman–Crippen LogP) is 1.27. The molecule has 60 valence electrons. The molecule has 0 saturated carbocycles. The molecule has 0 amide bonds. The SMILES string of the molecule is CC(C)OC(C)CC(=O)O. The van der Waals surface area contributed by atoms with E-state index in [9.17, 15) is 4.79 Å². The average molecular weight is 146 g/mol. The third kappa shape index (κ3) is 5.56. The third-order valence-electron chi connectivity index (χ3n) is 0.967. The van der Waals surface area contributed by atoms with E-state index in [1.807, 2.05) is 13.8 Å². The molecule has 3 heteroatoms. The number of carboxylic acids is 1. The summed E-state index contributed by atoms with van der Waals surface area (Å²) in [5.41, 5.74) is 0. The van der Waals surface area contributed by atoms with Crippen molar-refractivity contribution in [2.45, 2.75) is 39.4 Å². The Hall–Kier alpha value is -0.570. The largest absolute Gasteiger partial charge is 0.481 e. The fourth-order valence-electron chi connectivity index (χ4n) is 0.759. The van der Waals surface area contributed by atoms with Crippen molar-refractivity contribution < 1.29 is 14.6 Å². The van der Waals surface area contributed by atoms with E-state index in [0.717, 1.165) is 0 Å². The average Bonchev–Trinajstić information content (AvgIpc) is 1.58. The van der Waals surface area contributed by atoms with Gasteiger partial charge in [0.25, 0.3) is 0 Å². The van der Waals surface area contributed by atoms with E-state index in [2.05, 4.69) is 0 Å².